The third kappa shape index (κ3) is 2.95. The van der Waals surface area contributed by atoms with Crippen molar-refractivity contribution in [3.8, 4) is 0 Å². The van der Waals surface area contributed by atoms with Crippen LogP contribution in [0.4, 0.5) is 0 Å². The number of ether oxygens (including phenoxy) is 2. The summed E-state index contributed by atoms with van der Waals surface area (Å²) in [6, 6.07) is 0. The molecule has 4 fully saturated rings. The van der Waals surface area contributed by atoms with Crippen LogP contribution in [0.25, 0.3) is 0 Å². The zero-order valence-corrected chi connectivity index (χ0v) is 11.6. The van der Waals surface area contributed by atoms with Gasteiger partial charge in [-0.05, 0) is 50.4 Å². The number of hydrogen-bond donors (Lipinski definition) is 1. The number of fused-ring (bicyclic) bond motifs is 2. The lowest BCUT2D eigenvalue weighted by atomic mass is 9.80. The summed E-state index contributed by atoms with van der Waals surface area (Å²) in [5.41, 5.74) is 0. The molecule has 2 bridgehead atoms. The van der Waals surface area contributed by atoms with Crippen LogP contribution in [-0.4, -0.2) is 36.0 Å². The zero-order chi connectivity index (χ0) is 13.4. The van der Waals surface area contributed by atoms with Gasteiger partial charge < -0.3 is 14.6 Å². The number of rotatable bonds is 3. The fourth-order valence-corrected chi connectivity index (χ4v) is 3.75. The van der Waals surface area contributed by atoms with Crippen LogP contribution in [0.5, 0.6) is 0 Å². The Morgan fingerprint density at radius 1 is 1.21 bits per heavy atom. The lowest BCUT2D eigenvalue weighted by molar-refractivity contribution is -0.184. The van der Waals surface area contributed by atoms with Crippen LogP contribution in [0.3, 0.4) is 0 Å². The Balaban J connectivity index is 1.41. The summed E-state index contributed by atoms with van der Waals surface area (Å²) >= 11 is 0. The Morgan fingerprint density at radius 3 is 2.53 bits per heavy atom. The number of hydrogen-bond acceptors (Lipinski definition) is 4. The monoisotopic (exact) mass is 268 g/mol. The van der Waals surface area contributed by atoms with Gasteiger partial charge in [0.1, 0.15) is 0 Å². The quantitative estimate of drug-likeness (QED) is 0.794. The molecule has 0 radical (unpaired) electrons. The molecule has 0 aromatic carbocycles. The van der Waals surface area contributed by atoms with Crippen molar-refractivity contribution >= 4 is 5.97 Å². The maximum atomic E-state index is 12.1. The van der Waals surface area contributed by atoms with Gasteiger partial charge in [-0.2, -0.15) is 0 Å². The molecule has 2 heterocycles. The molecule has 5 unspecified atom stereocenters. The van der Waals surface area contributed by atoms with E-state index in [4.69, 9.17) is 9.47 Å². The van der Waals surface area contributed by atoms with Crippen molar-refractivity contribution in [1.29, 1.82) is 0 Å². The second-order valence-corrected chi connectivity index (χ2v) is 6.64. The van der Waals surface area contributed by atoms with Crippen LogP contribution in [0, 0.1) is 17.8 Å². The smallest absolute Gasteiger partial charge is 0.308 e. The van der Waals surface area contributed by atoms with Crippen molar-refractivity contribution in [2.24, 2.45) is 17.8 Å². The number of aliphatic hydroxyl groups excluding tert-OH is 1. The first-order chi connectivity index (χ1) is 9.11. The standard InChI is InChI=1S/C15H24O4/c1-9-4-11(2-3-14(9)16)15(17)18-8-10-5-12-7-13(6-10)19-12/h9-14,16H,2-8H2,1H3. The van der Waals surface area contributed by atoms with E-state index in [2.05, 4.69) is 0 Å². The minimum atomic E-state index is -0.244. The number of aliphatic hydroxyl groups is 1. The number of carbonyl (C=O) groups excluding carboxylic acids is 1. The summed E-state index contributed by atoms with van der Waals surface area (Å²) in [5.74, 6) is 0.641. The summed E-state index contributed by atoms with van der Waals surface area (Å²) in [6.07, 6.45) is 6.15. The van der Waals surface area contributed by atoms with E-state index < -0.39 is 0 Å². The topological polar surface area (TPSA) is 55.8 Å². The Kier molecular flexibility index (Phi) is 3.81. The average molecular weight is 268 g/mol. The number of esters is 1. The van der Waals surface area contributed by atoms with Crippen molar-refractivity contribution < 1.29 is 19.4 Å². The first-order valence-corrected chi connectivity index (χ1v) is 7.62. The second kappa shape index (κ2) is 5.41. The van der Waals surface area contributed by atoms with Gasteiger partial charge in [-0.1, -0.05) is 6.92 Å². The van der Waals surface area contributed by atoms with Crippen molar-refractivity contribution in [1.82, 2.24) is 0 Å². The van der Waals surface area contributed by atoms with E-state index >= 15 is 0 Å². The van der Waals surface area contributed by atoms with Gasteiger partial charge in [0.2, 0.25) is 0 Å². The van der Waals surface area contributed by atoms with E-state index in [-0.39, 0.29) is 23.9 Å². The van der Waals surface area contributed by atoms with Gasteiger partial charge in [-0.15, -0.1) is 0 Å². The fraction of sp³-hybridized carbons (Fsp3) is 0.933. The molecule has 2 aliphatic carbocycles. The van der Waals surface area contributed by atoms with Crippen molar-refractivity contribution in [2.75, 3.05) is 6.61 Å². The van der Waals surface area contributed by atoms with Gasteiger partial charge in [0.25, 0.3) is 0 Å². The van der Waals surface area contributed by atoms with Crippen molar-refractivity contribution in [3.63, 3.8) is 0 Å². The molecule has 0 aromatic heterocycles. The average Bonchev–Trinajstić information content (AvgIpc) is 2.38. The highest BCUT2D eigenvalue weighted by molar-refractivity contribution is 5.72. The fourth-order valence-electron chi connectivity index (χ4n) is 3.75. The van der Waals surface area contributed by atoms with Gasteiger partial charge in [-0.3, -0.25) is 4.79 Å². The molecule has 0 amide bonds. The lowest BCUT2D eigenvalue weighted by Gasteiger charge is -2.45. The summed E-state index contributed by atoms with van der Waals surface area (Å²) in [5, 5.41) is 9.68. The summed E-state index contributed by atoms with van der Waals surface area (Å²) in [4.78, 5) is 12.1. The Labute approximate surface area is 114 Å². The molecule has 4 aliphatic rings. The highest BCUT2D eigenvalue weighted by Gasteiger charge is 2.40. The highest BCUT2D eigenvalue weighted by atomic mass is 16.5. The van der Waals surface area contributed by atoms with Crippen LogP contribution < -0.4 is 0 Å². The Morgan fingerprint density at radius 2 is 1.89 bits per heavy atom. The molecule has 0 spiro atoms. The first kappa shape index (κ1) is 13.4. The van der Waals surface area contributed by atoms with E-state index in [0.717, 1.165) is 32.1 Å². The van der Waals surface area contributed by atoms with Crippen molar-refractivity contribution in [2.45, 2.75) is 63.8 Å². The minimum Gasteiger partial charge on any atom is -0.465 e. The van der Waals surface area contributed by atoms with Gasteiger partial charge in [0, 0.05) is 0 Å². The van der Waals surface area contributed by atoms with E-state index in [1.54, 1.807) is 0 Å². The summed E-state index contributed by atoms with van der Waals surface area (Å²) in [6.45, 7) is 2.57. The van der Waals surface area contributed by atoms with Crippen LogP contribution in [0.2, 0.25) is 0 Å². The lowest BCUT2D eigenvalue weighted by Crippen LogP contribution is -2.46. The van der Waals surface area contributed by atoms with E-state index in [0.29, 0.717) is 24.7 Å². The molecule has 4 rings (SSSR count). The molecule has 108 valence electrons. The molecule has 4 nitrogen and oxygen atoms in total. The minimum absolute atomic E-state index is 0.00669. The molecule has 1 N–H and O–H groups in total. The third-order valence-corrected chi connectivity index (χ3v) is 5.02. The van der Waals surface area contributed by atoms with Crippen LogP contribution in [0.15, 0.2) is 0 Å². The van der Waals surface area contributed by atoms with E-state index in [9.17, 15) is 9.90 Å². The van der Waals surface area contributed by atoms with Crippen LogP contribution in [-0.2, 0) is 14.3 Å². The predicted octanol–water partition coefficient (Wildman–Crippen LogP) is 1.89. The molecule has 2 saturated carbocycles. The zero-order valence-electron chi connectivity index (χ0n) is 11.6. The normalized spacial score (nSPS) is 45.4. The first-order valence-electron chi connectivity index (χ1n) is 7.62. The largest absolute Gasteiger partial charge is 0.465 e. The number of carbonyl (C=O) groups is 1. The molecule has 4 heteroatoms. The van der Waals surface area contributed by atoms with E-state index in [1.165, 1.54) is 6.42 Å². The molecule has 2 aliphatic heterocycles. The SMILES string of the molecule is CC1CC(C(=O)OCC2CC3CC(C2)O3)CCC1O. The molecular formula is C15H24O4. The van der Waals surface area contributed by atoms with Gasteiger partial charge in [0.15, 0.2) is 0 Å². The Hall–Kier alpha value is -0.610. The van der Waals surface area contributed by atoms with E-state index in [1.807, 2.05) is 6.92 Å². The summed E-state index contributed by atoms with van der Waals surface area (Å²) < 4.78 is 11.1. The summed E-state index contributed by atoms with van der Waals surface area (Å²) in [7, 11) is 0. The van der Waals surface area contributed by atoms with Crippen LogP contribution >= 0.6 is 0 Å². The molecule has 19 heavy (non-hydrogen) atoms. The molecular weight excluding hydrogens is 244 g/mol. The maximum absolute atomic E-state index is 12.1. The highest BCUT2D eigenvalue weighted by Crippen LogP contribution is 2.38. The van der Waals surface area contributed by atoms with Gasteiger partial charge in [-0.25, -0.2) is 0 Å². The Bertz CT molecular complexity index is 327. The predicted molar refractivity (Wildman–Crippen MR) is 69.5 cm³/mol. The maximum Gasteiger partial charge on any atom is 0.308 e. The van der Waals surface area contributed by atoms with Crippen LogP contribution in [0.1, 0.15) is 45.4 Å². The van der Waals surface area contributed by atoms with Gasteiger partial charge >= 0.3 is 5.97 Å². The van der Waals surface area contributed by atoms with Crippen molar-refractivity contribution in [3.05, 3.63) is 0 Å². The molecule has 0 aromatic rings. The third-order valence-electron chi connectivity index (χ3n) is 5.02. The van der Waals surface area contributed by atoms with Gasteiger partial charge in [0.05, 0.1) is 30.8 Å². The molecule has 2 saturated heterocycles. The molecule has 5 atom stereocenters. The second-order valence-electron chi connectivity index (χ2n) is 6.64.